The number of benzene rings is 1. The molecule has 0 fully saturated rings. The molecule has 1 rings (SSSR count). The summed E-state index contributed by atoms with van der Waals surface area (Å²) in [5.74, 6) is 0.529. The monoisotopic (exact) mass is 286 g/mol. The minimum atomic E-state index is -0.418. The molecular formula is C16H22N4O. The molecule has 0 aromatic heterocycles. The zero-order valence-corrected chi connectivity index (χ0v) is 12.9. The standard InChI is InChI=1S/C16H22N4O/c1-4-20(5-2)9-8-19-15(12-18)13-6-7-16(21-3)14(10-13)11-17/h6-7,10,15,19H,4-5,8-9H2,1-3H3. The lowest BCUT2D eigenvalue weighted by atomic mass is 10.0. The Morgan fingerprint density at radius 1 is 1.29 bits per heavy atom. The van der Waals surface area contributed by atoms with E-state index in [9.17, 15) is 5.26 Å². The van der Waals surface area contributed by atoms with Gasteiger partial charge >= 0.3 is 0 Å². The molecule has 1 aromatic carbocycles. The molecule has 5 nitrogen and oxygen atoms in total. The van der Waals surface area contributed by atoms with Gasteiger partial charge in [0, 0.05) is 13.1 Å². The summed E-state index contributed by atoms with van der Waals surface area (Å²) < 4.78 is 5.11. The molecule has 0 bridgehead atoms. The van der Waals surface area contributed by atoms with Crippen molar-refractivity contribution in [1.29, 1.82) is 10.5 Å². The minimum Gasteiger partial charge on any atom is -0.495 e. The summed E-state index contributed by atoms with van der Waals surface area (Å²) in [7, 11) is 1.53. The molecular weight excluding hydrogens is 264 g/mol. The van der Waals surface area contributed by atoms with E-state index in [0.717, 1.165) is 31.7 Å². The van der Waals surface area contributed by atoms with Gasteiger partial charge in [-0.05, 0) is 30.8 Å². The van der Waals surface area contributed by atoms with Crippen LogP contribution in [0.1, 0.15) is 31.0 Å². The van der Waals surface area contributed by atoms with E-state index in [0.29, 0.717) is 11.3 Å². The van der Waals surface area contributed by atoms with Crippen molar-refractivity contribution >= 4 is 0 Å². The SMILES string of the molecule is CCN(CC)CCNC(C#N)c1ccc(OC)c(C#N)c1. The Morgan fingerprint density at radius 2 is 2.00 bits per heavy atom. The normalized spacial score (nSPS) is 11.7. The Kier molecular flexibility index (Phi) is 7.25. The second-order valence-electron chi connectivity index (χ2n) is 4.61. The first-order valence-corrected chi connectivity index (χ1v) is 7.13. The first kappa shape index (κ1) is 17.0. The molecule has 0 saturated heterocycles. The highest BCUT2D eigenvalue weighted by molar-refractivity contribution is 5.46. The predicted octanol–water partition coefficient (Wildman–Crippen LogP) is 2.06. The van der Waals surface area contributed by atoms with E-state index in [1.165, 1.54) is 7.11 Å². The molecule has 21 heavy (non-hydrogen) atoms. The van der Waals surface area contributed by atoms with Crippen LogP contribution in [-0.4, -0.2) is 38.2 Å². The fourth-order valence-electron chi connectivity index (χ4n) is 2.14. The van der Waals surface area contributed by atoms with E-state index in [4.69, 9.17) is 10.00 Å². The zero-order valence-electron chi connectivity index (χ0n) is 12.9. The van der Waals surface area contributed by atoms with Crippen molar-refractivity contribution in [3.05, 3.63) is 29.3 Å². The first-order chi connectivity index (χ1) is 10.2. The Labute approximate surface area is 126 Å². The quantitative estimate of drug-likeness (QED) is 0.792. The zero-order chi connectivity index (χ0) is 15.7. The third-order valence-electron chi connectivity index (χ3n) is 3.48. The molecule has 1 aromatic rings. The second kappa shape index (κ2) is 8.97. The van der Waals surface area contributed by atoms with Crippen LogP contribution in [-0.2, 0) is 0 Å². The minimum absolute atomic E-state index is 0.418. The molecule has 5 heteroatoms. The summed E-state index contributed by atoms with van der Waals surface area (Å²) in [5, 5.41) is 21.6. The molecule has 0 spiro atoms. The van der Waals surface area contributed by atoms with Gasteiger partial charge in [0.1, 0.15) is 17.9 Å². The van der Waals surface area contributed by atoms with Crippen molar-refractivity contribution in [1.82, 2.24) is 10.2 Å². The molecule has 1 atom stereocenters. The highest BCUT2D eigenvalue weighted by atomic mass is 16.5. The fraction of sp³-hybridized carbons (Fsp3) is 0.500. The topological polar surface area (TPSA) is 72.1 Å². The van der Waals surface area contributed by atoms with Gasteiger partial charge in [0.2, 0.25) is 0 Å². The molecule has 1 N–H and O–H groups in total. The van der Waals surface area contributed by atoms with Crippen molar-refractivity contribution in [2.24, 2.45) is 0 Å². The highest BCUT2D eigenvalue weighted by Crippen LogP contribution is 2.22. The van der Waals surface area contributed by atoms with Gasteiger partial charge in [0.15, 0.2) is 0 Å². The van der Waals surface area contributed by atoms with Crippen LogP contribution >= 0.6 is 0 Å². The molecule has 0 aliphatic carbocycles. The van der Waals surface area contributed by atoms with Gasteiger partial charge in [0.25, 0.3) is 0 Å². The lowest BCUT2D eigenvalue weighted by Crippen LogP contribution is -2.33. The van der Waals surface area contributed by atoms with Gasteiger partial charge in [-0.1, -0.05) is 19.9 Å². The van der Waals surface area contributed by atoms with Crippen LogP contribution in [0, 0.1) is 22.7 Å². The van der Waals surface area contributed by atoms with Gasteiger partial charge < -0.3 is 9.64 Å². The number of methoxy groups -OCH3 is 1. The smallest absolute Gasteiger partial charge is 0.136 e. The van der Waals surface area contributed by atoms with Crippen LogP contribution in [0.4, 0.5) is 0 Å². The number of ether oxygens (including phenoxy) is 1. The largest absolute Gasteiger partial charge is 0.495 e. The number of hydrogen-bond donors (Lipinski definition) is 1. The second-order valence-corrected chi connectivity index (χ2v) is 4.61. The van der Waals surface area contributed by atoms with Gasteiger partial charge in [-0.25, -0.2) is 0 Å². The van der Waals surface area contributed by atoms with Crippen LogP contribution in [0.15, 0.2) is 18.2 Å². The maximum Gasteiger partial charge on any atom is 0.136 e. The average Bonchev–Trinajstić information content (AvgIpc) is 2.54. The molecule has 0 aliphatic rings. The highest BCUT2D eigenvalue weighted by Gasteiger charge is 2.13. The van der Waals surface area contributed by atoms with Gasteiger partial charge in [0.05, 0.1) is 18.7 Å². The number of nitrogens with one attached hydrogen (secondary N) is 1. The maximum atomic E-state index is 9.31. The summed E-state index contributed by atoms with van der Waals surface area (Å²) >= 11 is 0. The summed E-state index contributed by atoms with van der Waals surface area (Å²) in [6, 6.07) is 9.16. The van der Waals surface area contributed by atoms with Crippen molar-refractivity contribution in [2.75, 3.05) is 33.3 Å². The lowest BCUT2D eigenvalue weighted by molar-refractivity contribution is 0.300. The lowest BCUT2D eigenvalue weighted by Gasteiger charge is -2.19. The van der Waals surface area contributed by atoms with E-state index >= 15 is 0 Å². The summed E-state index contributed by atoms with van der Waals surface area (Å²) in [6.45, 7) is 7.86. The number of rotatable bonds is 8. The number of likely N-dealkylation sites (N-methyl/N-ethyl adjacent to an activating group) is 1. The molecule has 112 valence electrons. The van der Waals surface area contributed by atoms with Crippen LogP contribution in [0.5, 0.6) is 5.75 Å². The Bertz CT molecular complexity index is 526. The molecule has 0 radical (unpaired) electrons. The molecule has 1 unspecified atom stereocenters. The van der Waals surface area contributed by atoms with Gasteiger partial charge in [-0.15, -0.1) is 0 Å². The Balaban J connectivity index is 2.73. The van der Waals surface area contributed by atoms with E-state index < -0.39 is 6.04 Å². The number of hydrogen-bond acceptors (Lipinski definition) is 5. The van der Waals surface area contributed by atoms with Crippen LogP contribution in [0.25, 0.3) is 0 Å². The molecule has 0 amide bonds. The number of nitrogens with zero attached hydrogens (tertiary/aromatic N) is 3. The van der Waals surface area contributed by atoms with Crippen LogP contribution in [0.2, 0.25) is 0 Å². The van der Waals surface area contributed by atoms with Crippen LogP contribution < -0.4 is 10.1 Å². The van der Waals surface area contributed by atoms with E-state index in [2.05, 4.69) is 36.2 Å². The average molecular weight is 286 g/mol. The summed E-state index contributed by atoms with van der Waals surface area (Å²) in [5.41, 5.74) is 1.23. The third kappa shape index (κ3) is 4.75. The first-order valence-electron chi connectivity index (χ1n) is 7.13. The van der Waals surface area contributed by atoms with E-state index in [-0.39, 0.29) is 0 Å². The van der Waals surface area contributed by atoms with Crippen LogP contribution in [0.3, 0.4) is 0 Å². The Hall–Kier alpha value is -2.08. The van der Waals surface area contributed by atoms with Crippen molar-refractivity contribution in [2.45, 2.75) is 19.9 Å². The maximum absolute atomic E-state index is 9.31. The van der Waals surface area contributed by atoms with Gasteiger partial charge in [-0.2, -0.15) is 10.5 Å². The third-order valence-corrected chi connectivity index (χ3v) is 3.48. The summed E-state index contributed by atoms with van der Waals surface area (Å²) in [4.78, 5) is 2.29. The Morgan fingerprint density at radius 3 is 2.52 bits per heavy atom. The van der Waals surface area contributed by atoms with Crippen molar-refractivity contribution in [3.63, 3.8) is 0 Å². The van der Waals surface area contributed by atoms with E-state index in [1.807, 2.05) is 6.07 Å². The van der Waals surface area contributed by atoms with Crippen molar-refractivity contribution in [3.8, 4) is 17.9 Å². The molecule has 0 aliphatic heterocycles. The number of nitriles is 2. The predicted molar refractivity (Wildman–Crippen MR) is 81.9 cm³/mol. The molecule has 0 saturated carbocycles. The van der Waals surface area contributed by atoms with Gasteiger partial charge in [-0.3, -0.25) is 5.32 Å². The molecule has 0 heterocycles. The van der Waals surface area contributed by atoms with Crippen molar-refractivity contribution < 1.29 is 4.74 Å². The van der Waals surface area contributed by atoms with E-state index in [1.54, 1.807) is 12.1 Å². The fourth-order valence-corrected chi connectivity index (χ4v) is 2.14. The summed E-state index contributed by atoms with van der Waals surface area (Å²) in [6.07, 6.45) is 0.